The van der Waals surface area contributed by atoms with Crippen LogP contribution in [0.4, 0.5) is 10.1 Å². The molecule has 0 saturated carbocycles. The number of hydrogen-bond acceptors (Lipinski definition) is 4. The Hall–Kier alpha value is -0.130. The van der Waals surface area contributed by atoms with Crippen LogP contribution in [0, 0.1) is 9.39 Å². The van der Waals surface area contributed by atoms with Crippen LogP contribution in [0.25, 0.3) is 0 Å². The summed E-state index contributed by atoms with van der Waals surface area (Å²) in [5, 5.41) is -0.0568. The first kappa shape index (κ1) is 17.9. The number of benzene rings is 1. The van der Waals surface area contributed by atoms with Gasteiger partial charge < -0.3 is 0 Å². The van der Waals surface area contributed by atoms with Crippen LogP contribution in [0.3, 0.4) is 0 Å². The van der Waals surface area contributed by atoms with Gasteiger partial charge in [-0.05, 0) is 34.7 Å². The van der Waals surface area contributed by atoms with Crippen LogP contribution in [-0.4, -0.2) is 34.9 Å². The SMILES string of the molecule is CCS(=O)(=O)CCN(c1ccc(F)c(I)c1Cl)[SH](=O)=O. The van der Waals surface area contributed by atoms with Crippen molar-refractivity contribution in [3.05, 3.63) is 26.5 Å². The Morgan fingerprint density at radius 3 is 2.50 bits per heavy atom. The van der Waals surface area contributed by atoms with Crippen molar-refractivity contribution in [1.29, 1.82) is 0 Å². The molecular formula is C10H12ClFINO4S2. The van der Waals surface area contributed by atoms with Crippen molar-refractivity contribution in [2.45, 2.75) is 6.92 Å². The fourth-order valence-electron chi connectivity index (χ4n) is 1.38. The molecule has 1 aromatic carbocycles. The molecule has 20 heavy (non-hydrogen) atoms. The minimum Gasteiger partial charge on any atom is -0.270 e. The quantitative estimate of drug-likeness (QED) is 0.404. The average Bonchev–Trinajstić information content (AvgIpc) is 2.38. The van der Waals surface area contributed by atoms with E-state index in [1.807, 2.05) is 0 Å². The van der Waals surface area contributed by atoms with Crippen molar-refractivity contribution < 1.29 is 21.2 Å². The highest BCUT2D eigenvalue weighted by atomic mass is 127. The van der Waals surface area contributed by atoms with Gasteiger partial charge in [0, 0.05) is 12.3 Å². The maximum absolute atomic E-state index is 13.3. The molecule has 1 aromatic rings. The van der Waals surface area contributed by atoms with E-state index in [1.54, 1.807) is 22.6 Å². The number of hydrogen-bond donors (Lipinski definition) is 1. The lowest BCUT2D eigenvalue weighted by Gasteiger charge is -2.19. The van der Waals surface area contributed by atoms with Crippen molar-refractivity contribution in [3.8, 4) is 0 Å². The first-order chi connectivity index (χ1) is 9.19. The van der Waals surface area contributed by atoms with Crippen LogP contribution in [0.2, 0.25) is 5.02 Å². The summed E-state index contributed by atoms with van der Waals surface area (Å²) in [4.78, 5) is 0. The molecule has 0 spiro atoms. The van der Waals surface area contributed by atoms with Crippen molar-refractivity contribution in [2.24, 2.45) is 0 Å². The average molecular weight is 456 g/mol. The number of rotatable bonds is 6. The maximum atomic E-state index is 13.3. The van der Waals surface area contributed by atoms with Crippen LogP contribution < -0.4 is 4.31 Å². The summed E-state index contributed by atoms with van der Waals surface area (Å²) in [6, 6.07) is 2.30. The largest absolute Gasteiger partial charge is 0.270 e. The van der Waals surface area contributed by atoms with E-state index in [0.717, 1.165) is 10.4 Å². The van der Waals surface area contributed by atoms with Crippen LogP contribution in [-0.2, 0) is 20.7 Å². The van der Waals surface area contributed by atoms with E-state index >= 15 is 0 Å². The van der Waals surface area contributed by atoms with E-state index in [9.17, 15) is 21.2 Å². The van der Waals surface area contributed by atoms with Crippen molar-refractivity contribution >= 4 is 60.6 Å². The van der Waals surface area contributed by atoms with Gasteiger partial charge in [-0.25, -0.2) is 21.2 Å². The van der Waals surface area contributed by atoms with E-state index < -0.39 is 26.5 Å². The van der Waals surface area contributed by atoms with Gasteiger partial charge in [0.15, 0.2) is 9.84 Å². The number of halogens is 3. The number of anilines is 1. The van der Waals surface area contributed by atoms with E-state index in [0.29, 0.717) is 0 Å². The predicted octanol–water partition coefficient (Wildman–Crippen LogP) is 1.85. The first-order valence-corrected chi connectivity index (χ1v) is 9.86. The molecular weight excluding hydrogens is 444 g/mol. The zero-order chi connectivity index (χ0) is 15.5. The molecule has 0 bridgehead atoms. The Morgan fingerprint density at radius 1 is 1.40 bits per heavy atom. The van der Waals surface area contributed by atoms with Gasteiger partial charge in [0.25, 0.3) is 0 Å². The molecule has 5 nitrogen and oxygen atoms in total. The highest BCUT2D eigenvalue weighted by Gasteiger charge is 2.19. The van der Waals surface area contributed by atoms with Gasteiger partial charge >= 0.3 is 0 Å². The lowest BCUT2D eigenvalue weighted by molar-refractivity contribution is 0.595. The predicted molar refractivity (Wildman–Crippen MR) is 86.1 cm³/mol. The smallest absolute Gasteiger partial charge is 0.225 e. The summed E-state index contributed by atoms with van der Waals surface area (Å²) in [5.74, 6) is -0.968. The molecule has 1 rings (SSSR count). The molecule has 0 atom stereocenters. The zero-order valence-corrected chi connectivity index (χ0v) is 15.0. The molecule has 0 amide bonds. The summed E-state index contributed by atoms with van der Waals surface area (Å²) in [6.07, 6.45) is 0. The highest BCUT2D eigenvalue weighted by molar-refractivity contribution is 14.1. The van der Waals surface area contributed by atoms with E-state index in [-0.39, 0.29) is 32.3 Å². The maximum Gasteiger partial charge on any atom is 0.225 e. The summed E-state index contributed by atoms with van der Waals surface area (Å²) in [6.45, 7) is 1.22. The van der Waals surface area contributed by atoms with Crippen molar-refractivity contribution in [1.82, 2.24) is 0 Å². The van der Waals surface area contributed by atoms with Crippen molar-refractivity contribution in [3.63, 3.8) is 0 Å². The van der Waals surface area contributed by atoms with Gasteiger partial charge in [0.1, 0.15) is 5.82 Å². The van der Waals surface area contributed by atoms with Gasteiger partial charge in [0.2, 0.25) is 10.9 Å². The van der Waals surface area contributed by atoms with Gasteiger partial charge in [-0.3, -0.25) is 4.31 Å². The molecule has 0 fully saturated rings. The van der Waals surface area contributed by atoms with Gasteiger partial charge in [-0.1, -0.05) is 18.5 Å². The molecule has 10 heteroatoms. The van der Waals surface area contributed by atoms with Crippen LogP contribution >= 0.6 is 34.2 Å². The molecule has 0 radical (unpaired) electrons. The normalized spacial score (nSPS) is 11.8. The van der Waals surface area contributed by atoms with Crippen molar-refractivity contribution in [2.75, 3.05) is 22.4 Å². The molecule has 114 valence electrons. The minimum absolute atomic E-state index is 0.0568. The molecule has 0 saturated heterocycles. The van der Waals surface area contributed by atoms with Crippen LogP contribution in [0.1, 0.15) is 6.92 Å². The molecule has 0 aliphatic heterocycles. The Kier molecular flexibility index (Phi) is 6.48. The van der Waals surface area contributed by atoms with E-state index in [4.69, 9.17) is 11.6 Å². The lowest BCUT2D eigenvalue weighted by Crippen LogP contribution is -2.29. The fraction of sp³-hybridized carbons (Fsp3) is 0.400. The monoisotopic (exact) mass is 455 g/mol. The molecule has 0 unspecified atom stereocenters. The minimum atomic E-state index is -3.32. The van der Waals surface area contributed by atoms with Gasteiger partial charge in [-0.2, -0.15) is 0 Å². The zero-order valence-electron chi connectivity index (χ0n) is 10.3. The molecule has 0 N–H and O–H groups in total. The summed E-state index contributed by atoms with van der Waals surface area (Å²) in [7, 11) is -6.39. The standard InChI is InChI=1S/C10H12ClFINO4S2/c1-2-20(17,18)6-5-14(19(15)16)8-4-3-7(12)10(13)9(8)11/h3-4,19H,2,5-6H2,1H3. The Morgan fingerprint density at radius 2 is 2.00 bits per heavy atom. The summed E-state index contributed by atoms with van der Waals surface area (Å²) in [5.41, 5.74) is 0.0693. The van der Waals surface area contributed by atoms with Gasteiger partial charge in [0.05, 0.1) is 20.0 Å². The first-order valence-electron chi connectivity index (χ1n) is 5.45. The molecule has 0 aromatic heterocycles. The van der Waals surface area contributed by atoms with E-state index in [2.05, 4.69) is 0 Å². The number of sulfone groups is 1. The third-order valence-corrected chi connectivity index (χ3v) is 6.79. The molecule has 0 heterocycles. The second-order valence-corrected chi connectivity index (χ2v) is 8.68. The second kappa shape index (κ2) is 7.23. The third kappa shape index (κ3) is 4.43. The Bertz CT molecular complexity index is 670. The molecule has 0 aliphatic rings. The summed E-state index contributed by atoms with van der Waals surface area (Å²) >= 11 is 7.57. The Labute approximate surface area is 137 Å². The van der Waals surface area contributed by atoms with Crippen LogP contribution in [0.5, 0.6) is 0 Å². The Balaban J connectivity index is 3.14. The lowest BCUT2D eigenvalue weighted by atomic mass is 10.3. The highest BCUT2D eigenvalue weighted by Crippen LogP contribution is 2.32. The number of thiol groups is 1. The summed E-state index contributed by atoms with van der Waals surface area (Å²) < 4.78 is 59.6. The topological polar surface area (TPSA) is 71.5 Å². The third-order valence-electron chi connectivity index (χ3n) is 2.54. The fourth-order valence-corrected chi connectivity index (χ4v) is 3.64. The van der Waals surface area contributed by atoms with Gasteiger partial charge in [-0.15, -0.1) is 0 Å². The second-order valence-electron chi connectivity index (χ2n) is 3.79. The van der Waals surface area contributed by atoms with Crippen LogP contribution in [0.15, 0.2) is 12.1 Å². The van der Waals surface area contributed by atoms with E-state index in [1.165, 1.54) is 13.0 Å². The number of nitrogens with zero attached hydrogens (tertiary/aromatic N) is 1. The molecule has 0 aliphatic carbocycles.